The summed E-state index contributed by atoms with van der Waals surface area (Å²) in [7, 11) is 0. The van der Waals surface area contributed by atoms with Crippen molar-refractivity contribution in [2.75, 3.05) is 19.7 Å². The summed E-state index contributed by atoms with van der Waals surface area (Å²) in [5.41, 5.74) is 0.407. The molecule has 2 nitrogen and oxygen atoms in total. The molecule has 1 heterocycles. The summed E-state index contributed by atoms with van der Waals surface area (Å²) in [4.78, 5) is 0. The number of unbranched alkanes of at least 4 members (excludes halogenated alkanes) is 2. The SMILES string of the molecule is CCCCCC1(CNCC(C)C)CCOC1C. The van der Waals surface area contributed by atoms with Crippen molar-refractivity contribution in [3.8, 4) is 0 Å². The molecule has 0 aromatic carbocycles. The Morgan fingerprint density at radius 1 is 1.35 bits per heavy atom. The molecule has 2 unspecified atom stereocenters. The number of ether oxygens (including phenoxy) is 1. The Bertz CT molecular complexity index is 205. The maximum atomic E-state index is 5.82. The first kappa shape index (κ1) is 15.0. The fraction of sp³-hybridized carbons (Fsp3) is 1.00. The number of rotatable bonds is 8. The van der Waals surface area contributed by atoms with Gasteiger partial charge in [0, 0.05) is 18.6 Å². The van der Waals surface area contributed by atoms with E-state index in [1.54, 1.807) is 0 Å². The van der Waals surface area contributed by atoms with Crippen molar-refractivity contribution < 1.29 is 4.74 Å². The number of nitrogens with one attached hydrogen (secondary N) is 1. The van der Waals surface area contributed by atoms with Crippen molar-refractivity contribution in [1.82, 2.24) is 5.32 Å². The van der Waals surface area contributed by atoms with Crippen molar-refractivity contribution in [1.29, 1.82) is 0 Å². The molecule has 0 spiro atoms. The summed E-state index contributed by atoms with van der Waals surface area (Å²) in [6, 6.07) is 0. The van der Waals surface area contributed by atoms with Gasteiger partial charge in [0.05, 0.1) is 6.10 Å². The predicted octanol–water partition coefficient (Wildman–Crippen LogP) is 3.61. The number of hydrogen-bond donors (Lipinski definition) is 1. The second-order valence-electron chi connectivity index (χ2n) is 6.11. The monoisotopic (exact) mass is 241 g/mol. The molecule has 0 saturated carbocycles. The minimum absolute atomic E-state index is 0.407. The van der Waals surface area contributed by atoms with Crippen LogP contribution in [0.15, 0.2) is 0 Å². The van der Waals surface area contributed by atoms with Gasteiger partial charge < -0.3 is 10.1 Å². The van der Waals surface area contributed by atoms with Gasteiger partial charge in [-0.05, 0) is 32.2 Å². The third-order valence-corrected chi connectivity index (χ3v) is 4.14. The third kappa shape index (κ3) is 4.59. The van der Waals surface area contributed by atoms with Crippen molar-refractivity contribution in [3.63, 3.8) is 0 Å². The Balaban J connectivity index is 2.41. The summed E-state index contributed by atoms with van der Waals surface area (Å²) < 4.78 is 5.82. The molecule has 102 valence electrons. The molecule has 1 fully saturated rings. The molecular formula is C15H31NO. The van der Waals surface area contributed by atoms with Crippen LogP contribution in [0.3, 0.4) is 0 Å². The van der Waals surface area contributed by atoms with Crippen molar-refractivity contribution in [2.24, 2.45) is 11.3 Å². The van der Waals surface area contributed by atoms with Crippen LogP contribution in [0.25, 0.3) is 0 Å². The predicted molar refractivity (Wildman–Crippen MR) is 74.3 cm³/mol. The second-order valence-corrected chi connectivity index (χ2v) is 6.11. The van der Waals surface area contributed by atoms with Gasteiger partial charge in [-0.15, -0.1) is 0 Å². The van der Waals surface area contributed by atoms with Gasteiger partial charge in [-0.1, -0.05) is 40.0 Å². The van der Waals surface area contributed by atoms with E-state index in [0.717, 1.165) is 25.6 Å². The molecule has 1 aliphatic heterocycles. The van der Waals surface area contributed by atoms with Crippen LogP contribution in [0, 0.1) is 11.3 Å². The van der Waals surface area contributed by atoms with Gasteiger partial charge in [-0.25, -0.2) is 0 Å². The second kappa shape index (κ2) is 7.38. The topological polar surface area (TPSA) is 21.3 Å². The summed E-state index contributed by atoms with van der Waals surface area (Å²) in [6.07, 6.45) is 7.02. The lowest BCUT2D eigenvalue weighted by atomic mass is 9.77. The zero-order valence-electron chi connectivity index (χ0n) is 12.2. The standard InChI is InChI=1S/C15H31NO/c1-5-6-7-8-15(9-10-17-14(15)4)12-16-11-13(2)3/h13-14,16H,5-12H2,1-4H3. The Kier molecular flexibility index (Phi) is 6.50. The Morgan fingerprint density at radius 2 is 2.12 bits per heavy atom. The van der Waals surface area contributed by atoms with E-state index in [2.05, 4.69) is 33.0 Å². The van der Waals surface area contributed by atoms with Crippen molar-refractivity contribution in [3.05, 3.63) is 0 Å². The normalized spacial score (nSPS) is 29.1. The first-order chi connectivity index (χ1) is 8.10. The Hall–Kier alpha value is -0.0800. The molecule has 0 aromatic heterocycles. The lowest BCUT2D eigenvalue weighted by Crippen LogP contribution is -2.40. The van der Waals surface area contributed by atoms with Crippen LogP contribution in [-0.2, 0) is 4.74 Å². The van der Waals surface area contributed by atoms with Crippen molar-refractivity contribution in [2.45, 2.75) is 65.9 Å². The van der Waals surface area contributed by atoms with Gasteiger partial charge in [0.1, 0.15) is 0 Å². The quantitative estimate of drug-likeness (QED) is 0.656. The van der Waals surface area contributed by atoms with Crippen LogP contribution in [0.2, 0.25) is 0 Å². The molecule has 0 aromatic rings. The van der Waals surface area contributed by atoms with E-state index in [0.29, 0.717) is 11.5 Å². The minimum Gasteiger partial charge on any atom is -0.378 e. The first-order valence-electron chi connectivity index (χ1n) is 7.43. The zero-order valence-corrected chi connectivity index (χ0v) is 12.2. The molecule has 2 atom stereocenters. The first-order valence-corrected chi connectivity index (χ1v) is 7.43. The van der Waals surface area contributed by atoms with Crippen LogP contribution in [0.5, 0.6) is 0 Å². The minimum atomic E-state index is 0.407. The number of hydrogen-bond acceptors (Lipinski definition) is 2. The zero-order chi connectivity index (χ0) is 12.7. The molecular weight excluding hydrogens is 210 g/mol. The van der Waals surface area contributed by atoms with Gasteiger partial charge >= 0.3 is 0 Å². The van der Waals surface area contributed by atoms with E-state index in [1.165, 1.54) is 32.1 Å². The maximum absolute atomic E-state index is 5.82. The van der Waals surface area contributed by atoms with E-state index in [-0.39, 0.29) is 0 Å². The summed E-state index contributed by atoms with van der Waals surface area (Å²) in [6.45, 7) is 12.3. The summed E-state index contributed by atoms with van der Waals surface area (Å²) in [5, 5.41) is 3.64. The molecule has 17 heavy (non-hydrogen) atoms. The van der Waals surface area contributed by atoms with Gasteiger partial charge in [0.25, 0.3) is 0 Å². The van der Waals surface area contributed by atoms with E-state index in [9.17, 15) is 0 Å². The molecule has 1 N–H and O–H groups in total. The highest BCUT2D eigenvalue weighted by Crippen LogP contribution is 2.39. The smallest absolute Gasteiger partial charge is 0.0616 e. The Labute approximate surface area is 108 Å². The van der Waals surface area contributed by atoms with Crippen LogP contribution in [0.1, 0.15) is 59.8 Å². The highest BCUT2D eigenvalue weighted by Gasteiger charge is 2.40. The molecule has 0 aliphatic carbocycles. The lowest BCUT2D eigenvalue weighted by Gasteiger charge is -2.33. The fourth-order valence-electron chi connectivity index (χ4n) is 2.80. The molecule has 1 rings (SSSR count). The van der Waals surface area contributed by atoms with Crippen LogP contribution in [-0.4, -0.2) is 25.8 Å². The molecule has 2 heteroatoms. The van der Waals surface area contributed by atoms with Gasteiger partial charge in [0.15, 0.2) is 0 Å². The van der Waals surface area contributed by atoms with E-state index in [1.807, 2.05) is 0 Å². The fourth-order valence-corrected chi connectivity index (χ4v) is 2.80. The van der Waals surface area contributed by atoms with Gasteiger partial charge in [0.2, 0.25) is 0 Å². The summed E-state index contributed by atoms with van der Waals surface area (Å²) in [5.74, 6) is 0.736. The van der Waals surface area contributed by atoms with Crippen LogP contribution < -0.4 is 5.32 Å². The average molecular weight is 241 g/mol. The van der Waals surface area contributed by atoms with Gasteiger partial charge in [-0.3, -0.25) is 0 Å². The largest absolute Gasteiger partial charge is 0.378 e. The molecule has 1 saturated heterocycles. The van der Waals surface area contributed by atoms with Gasteiger partial charge in [-0.2, -0.15) is 0 Å². The average Bonchev–Trinajstić information content (AvgIpc) is 2.61. The van der Waals surface area contributed by atoms with Crippen LogP contribution in [0.4, 0.5) is 0 Å². The molecule has 0 bridgehead atoms. The van der Waals surface area contributed by atoms with Crippen molar-refractivity contribution >= 4 is 0 Å². The van der Waals surface area contributed by atoms with E-state index < -0.39 is 0 Å². The highest BCUT2D eigenvalue weighted by molar-refractivity contribution is 4.91. The van der Waals surface area contributed by atoms with E-state index >= 15 is 0 Å². The summed E-state index contributed by atoms with van der Waals surface area (Å²) >= 11 is 0. The molecule has 1 aliphatic rings. The van der Waals surface area contributed by atoms with E-state index in [4.69, 9.17) is 4.74 Å². The van der Waals surface area contributed by atoms with Crippen LogP contribution >= 0.6 is 0 Å². The third-order valence-electron chi connectivity index (χ3n) is 4.14. The maximum Gasteiger partial charge on any atom is 0.0616 e. The Morgan fingerprint density at radius 3 is 2.65 bits per heavy atom. The highest BCUT2D eigenvalue weighted by atomic mass is 16.5. The lowest BCUT2D eigenvalue weighted by molar-refractivity contribution is 0.0567. The molecule has 0 amide bonds. The molecule has 0 radical (unpaired) electrons.